The smallest absolute Gasteiger partial charge is 0.257 e. The summed E-state index contributed by atoms with van der Waals surface area (Å²) in [5.74, 6) is -1.04. The fourth-order valence-corrected chi connectivity index (χ4v) is 3.21. The van der Waals surface area contributed by atoms with Gasteiger partial charge in [0.15, 0.2) is 0 Å². The third-order valence-corrected chi connectivity index (χ3v) is 4.42. The molecule has 1 aliphatic heterocycles. The van der Waals surface area contributed by atoms with Crippen LogP contribution in [0.1, 0.15) is 32.3 Å². The Morgan fingerprint density at radius 2 is 1.81 bits per heavy atom. The lowest BCUT2D eigenvalue weighted by molar-refractivity contribution is -0.110. The first kappa shape index (κ1) is 18.9. The number of hydrogen-bond donors (Lipinski definition) is 2. The van der Waals surface area contributed by atoms with Crippen molar-refractivity contribution in [1.82, 2.24) is 0 Å². The van der Waals surface area contributed by atoms with Crippen molar-refractivity contribution in [3.8, 4) is 0 Å². The zero-order chi connectivity index (χ0) is 19.4. The Morgan fingerprint density at radius 3 is 2.48 bits per heavy atom. The highest BCUT2D eigenvalue weighted by Crippen LogP contribution is 2.32. The summed E-state index contributed by atoms with van der Waals surface area (Å²) in [4.78, 5) is 14.1. The minimum absolute atomic E-state index is 0.307. The van der Waals surface area contributed by atoms with Crippen LogP contribution in [-0.4, -0.2) is 19.0 Å². The van der Waals surface area contributed by atoms with E-state index in [0.717, 1.165) is 25.9 Å². The van der Waals surface area contributed by atoms with Crippen molar-refractivity contribution in [2.75, 3.05) is 28.6 Å². The van der Waals surface area contributed by atoms with Crippen LogP contribution < -0.4 is 15.5 Å². The number of amides is 1. The normalized spacial score (nSPS) is 14.2. The number of hydrogen-bond acceptors (Lipinski definition) is 3. The summed E-state index contributed by atoms with van der Waals surface area (Å²) in [5, 5.41) is 5.59. The Morgan fingerprint density at radius 1 is 1.07 bits per heavy atom. The van der Waals surface area contributed by atoms with Crippen LogP contribution in [0.4, 0.5) is 25.8 Å². The first-order chi connectivity index (χ1) is 13.0. The van der Waals surface area contributed by atoms with Crippen molar-refractivity contribution < 1.29 is 13.6 Å². The zero-order valence-corrected chi connectivity index (χ0v) is 15.5. The molecule has 2 aromatic carbocycles. The number of carbonyl (C=O) groups excluding carboxylic acids is 1. The molecule has 4 nitrogen and oxygen atoms in total. The van der Waals surface area contributed by atoms with Gasteiger partial charge in [-0.15, -0.1) is 0 Å². The molecule has 1 amide bonds. The summed E-state index contributed by atoms with van der Waals surface area (Å²) in [6.07, 6.45) is 3.41. The average Bonchev–Trinajstić information content (AvgIpc) is 2.94. The lowest BCUT2D eigenvalue weighted by Gasteiger charge is -2.24. The van der Waals surface area contributed by atoms with E-state index in [1.54, 1.807) is 18.2 Å². The molecule has 0 radical (unpaired) electrons. The van der Waals surface area contributed by atoms with Crippen molar-refractivity contribution >= 4 is 28.5 Å². The Labute approximate surface area is 157 Å². The van der Waals surface area contributed by atoms with E-state index >= 15 is 0 Å². The number of benzene rings is 2. The standard InChI is InChI=1S/C21H23F2N3O/c1-3-9-26(10-4-2)20-8-6-15(12-18(20)23)24-13-17-16-7-5-14(22)11-19(16)25-21(17)27/h5-8,11-13,24H,3-4,9-10H2,1-2H3,(H,25,27). The van der Waals surface area contributed by atoms with E-state index in [-0.39, 0.29) is 11.7 Å². The number of rotatable bonds is 7. The molecule has 6 heteroatoms. The van der Waals surface area contributed by atoms with E-state index in [1.807, 2.05) is 4.90 Å². The molecule has 2 N–H and O–H groups in total. The summed E-state index contributed by atoms with van der Waals surface area (Å²) >= 11 is 0. The molecule has 2 aromatic rings. The van der Waals surface area contributed by atoms with Gasteiger partial charge in [-0.05, 0) is 49.2 Å². The van der Waals surface area contributed by atoms with E-state index in [9.17, 15) is 13.6 Å². The molecule has 0 spiro atoms. The van der Waals surface area contributed by atoms with Crippen LogP contribution in [-0.2, 0) is 4.79 Å². The minimum atomic E-state index is -0.412. The number of carbonyl (C=O) groups is 1. The largest absolute Gasteiger partial charge is 0.369 e. The molecule has 0 aliphatic carbocycles. The SMILES string of the molecule is CCCN(CCC)c1ccc(NC=C2C(=O)Nc3cc(F)ccc32)cc1F. The quantitative estimate of drug-likeness (QED) is 0.674. The molecular formula is C21H23F2N3O. The monoisotopic (exact) mass is 371 g/mol. The second-order valence-electron chi connectivity index (χ2n) is 6.50. The van der Waals surface area contributed by atoms with Crippen LogP contribution in [0.2, 0.25) is 0 Å². The average molecular weight is 371 g/mol. The Kier molecular flexibility index (Phi) is 5.74. The van der Waals surface area contributed by atoms with Gasteiger partial charge in [0, 0.05) is 30.5 Å². The van der Waals surface area contributed by atoms with Crippen molar-refractivity contribution in [3.05, 3.63) is 59.8 Å². The number of fused-ring (bicyclic) bond motifs is 1. The molecule has 0 unspecified atom stereocenters. The Bertz CT molecular complexity index is 874. The van der Waals surface area contributed by atoms with Gasteiger partial charge in [-0.25, -0.2) is 8.78 Å². The van der Waals surface area contributed by atoms with Crippen LogP contribution >= 0.6 is 0 Å². The van der Waals surface area contributed by atoms with Gasteiger partial charge in [0.25, 0.3) is 5.91 Å². The summed E-state index contributed by atoms with van der Waals surface area (Å²) in [6, 6.07) is 9.08. The summed E-state index contributed by atoms with van der Waals surface area (Å²) in [7, 11) is 0. The number of anilines is 3. The Hall–Kier alpha value is -2.89. The maximum Gasteiger partial charge on any atom is 0.257 e. The molecule has 0 atom stereocenters. The molecule has 142 valence electrons. The van der Waals surface area contributed by atoms with Gasteiger partial charge in [0.05, 0.1) is 16.9 Å². The molecule has 0 aromatic heterocycles. The van der Waals surface area contributed by atoms with E-state index in [4.69, 9.17) is 0 Å². The lowest BCUT2D eigenvalue weighted by Crippen LogP contribution is -2.25. The van der Waals surface area contributed by atoms with Crippen molar-refractivity contribution in [3.63, 3.8) is 0 Å². The summed E-state index contributed by atoms with van der Waals surface area (Å²) in [6.45, 7) is 5.74. The van der Waals surface area contributed by atoms with E-state index in [0.29, 0.717) is 28.2 Å². The third-order valence-electron chi connectivity index (χ3n) is 4.42. The number of nitrogens with one attached hydrogen (secondary N) is 2. The van der Waals surface area contributed by atoms with Crippen LogP contribution in [0.15, 0.2) is 42.6 Å². The predicted molar refractivity (Wildman–Crippen MR) is 106 cm³/mol. The molecule has 0 fully saturated rings. The van der Waals surface area contributed by atoms with Gasteiger partial charge < -0.3 is 15.5 Å². The maximum absolute atomic E-state index is 14.6. The van der Waals surface area contributed by atoms with E-state index < -0.39 is 5.82 Å². The fourth-order valence-electron chi connectivity index (χ4n) is 3.21. The van der Waals surface area contributed by atoms with Gasteiger partial charge in [-0.2, -0.15) is 0 Å². The highest BCUT2D eigenvalue weighted by molar-refractivity contribution is 6.31. The molecular weight excluding hydrogens is 348 g/mol. The van der Waals surface area contributed by atoms with E-state index in [2.05, 4.69) is 24.5 Å². The Balaban J connectivity index is 1.80. The topological polar surface area (TPSA) is 44.4 Å². The van der Waals surface area contributed by atoms with Crippen LogP contribution in [0.5, 0.6) is 0 Å². The van der Waals surface area contributed by atoms with E-state index in [1.165, 1.54) is 24.4 Å². The predicted octanol–water partition coefficient (Wildman–Crippen LogP) is 5.00. The fraction of sp³-hybridized carbons (Fsp3) is 0.286. The molecule has 0 bridgehead atoms. The minimum Gasteiger partial charge on any atom is -0.369 e. The first-order valence-electron chi connectivity index (χ1n) is 9.16. The molecule has 1 heterocycles. The van der Waals surface area contributed by atoms with Crippen LogP contribution in [0, 0.1) is 11.6 Å². The van der Waals surface area contributed by atoms with Crippen molar-refractivity contribution in [2.45, 2.75) is 26.7 Å². The van der Waals surface area contributed by atoms with Crippen LogP contribution in [0.25, 0.3) is 5.57 Å². The van der Waals surface area contributed by atoms with Crippen LogP contribution in [0.3, 0.4) is 0 Å². The lowest BCUT2D eigenvalue weighted by atomic mass is 10.1. The van der Waals surface area contributed by atoms with Gasteiger partial charge in [0.2, 0.25) is 0 Å². The molecule has 3 rings (SSSR count). The summed E-state index contributed by atoms with van der Waals surface area (Å²) in [5.41, 5.74) is 2.55. The first-order valence-corrected chi connectivity index (χ1v) is 9.16. The number of nitrogens with zero attached hydrogens (tertiary/aromatic N) is 1. The van der Waals surface area contributed by atoms with Gasteiger partial charge in [-0.3, -0.25) is 4.79 Å². The molecule has 0 saturated carbocycles. The summed E-state index contributed by atoms with van der Waals surface area (Å²) < 4.78 is 27.9. The van der Waals surface area contributed by atoms with Crippen molar-refractivity contribution in [1.29, 1.82) is 0 Å². The number of halogens is 2. The molecule has 0 saturated heterocycles. The second kappa shape index (κ2) is 8.20. The van der Waals surface area contributed by atoms with Crippen molar-refractivity contribution in [2.24, 2.45) is 0 Å². The third kappa shape index (κ3) is 4.10. The molecule has 1 aliphatic rings. The van der Waals surface area contributed by atoms with Gasteiger partial charge in [-0.1, -0.05) is 13.8 Å². The zero-order valence-electron chi connectivity index (χ0n) is 15.5. The highest BCUT2D eigenvalue weighted by Gasteiger charge is 2.24. The second-order valence-corrected chi connectivity index (χ2v) is 6.50. The van der Waals surface area contributed by atoms with Gasteiger partial charge in [0.1, 0.15) is 11.6 Å². The maximum atomic E-state index is 14.6. The van der Waals surface area contributed by atoms with Gasteiger partial charge >= 0.3 is 0 Å². The molecule has 27 heavy (non-hydrogen) atoms. The highest BCUT2D eigenvalue weighted by atomic mass is 19.1.